The number of carbonyl (C=O) groups excluding carboxylic acids is 1. The van der Waals surface area contributed by atoms with Crippen molar-refractivity contribution in [1.82, 2.24) is 10.3 Å². The predicted octanol–water partition coefficient (Wildman–Crippen LogP) is 1.79. The number of hydrogen-bond donors (Lipinski definition) is 2. The van der Waals surface area contributed by atoms with E-state index in [1.165, 1.54) is 0 Å². The molecule has 1 amide bonds. The fourth-order valence-electron chi connectivity index (χ4n) is 1.67. The highest BCUT2D eigenvalue weighted by molar-refractivity contribution is 5.81. The average Bonchev–Trinajstić information content (AvgIpc) is 2.36. The minimum absolute atomic E-state index is 0.0154. The second-order valence-electron chi connectivity index (χ2n) is 5.05. The fraction of sp³-hybridized carbons (Fsp3) is 0.571. The number of anilines is 2. The minimum atomic E-state index is 0.0154. The van der Waals surface area contributed by atoms with E-state index >= 15 is 0 Å². The lowest BCUT2D eigenvalue weighted by molar-refractivity contribution is -0.120. The van der Waals surface area contributed by atoms with Crippen LogP contribution in [0.2, 0.25) is 0 Å². The number of nitrogens with zero attached hydrogens (tertiary/aromatic N) is 2. The normalized spacial score (nSPS) is 12.3. The summed E-state index contributed by atoms with van der Waals surface area (Å²) < 4.78 is 0. The fourth-order valence-corrected chi connectivity index (χ4v) is 1.67. The van der Waals surface area contributed by atoms with Crippen molar-refractivity contribution >= 4 is 17.4 Å². The Morgan fingerprint density at radius 3 is 2.58 bits per heavy atom. The van der Waals surface area contributed by atoms with Gasteiger partial charge in [0.25, 0.3) is 0 Å². The Labute approximate surface area is 115 Å². The topological polar surface area (TPSA) is 71.2 Å². The molecule has 1 rings (SSSR count). The van der Waals surface area contributed by atoms with E-state index in [-0.39, 0.29) is 18.0 Å². The molecule has 19 heavy (non-hydrogen) atoms. The molecule has 0 saturated heterocycles. The van der Waals surface area contributed by atoms with Crippen molar-refractivity contribution in [2.24, 2.45) is 0 Å². The van der Waals surface area contributed by atoms with E-state index in [9.17, 15) is 4.79 Å². The number of carbonyl (C=O) groups is 1. The third kappa shape index (κ3) is 4.77. The van der Waals surface area contributed by atoms with Crippen LogP contribution >= 0.6 is 0 Å². The molecule has 0 aromatic carbocycles. The van der Waals surface area contributed by atoms with Crippen molar-refractivity contribution in [3.8, 4) is 0 Å². The van der Waals surface area contributed by atoms with E-state index in [4.69, 9.17) is 5.73 Å². The second kappa shape index (κ2) is 6.97. The Hall–Kier alpha value is -1.78. The van der Waals surface area contributed by atoms with Crippen molar-refractivity contribution in [3.05, 3.63) is 18.3 Å². The summed E-state index contributed by atoms with van der Waals surface area (Å²) in [6, 6.07) is 4.02. The Kier molecular flexibility index (Phi) is 5.60. The molecule has 3 N–H and O–H groups in total. The molecular weight excluding hydrogens is 240 g/mol. The first kappa shape index (κ1) is 15.3. The number of nitrogens with one attached hydrogen (secondary N) is 1. The van der Waals surface area contributed by atoms with Gasteiger partial charge in [0.2, 0.25) is 5.91 Å². The number of nitrogen functional groups attached to an aromatic ring is 1. The molecule has 0 aliphatic rings. The van der Waals surface area contributed by atoms with Crippen LogP contribution in [0.5, 0.6) is 0 Å². The van der Waals surface area contributed by atoms with Crippen LogP contribution in [0.4, 0.5) is 11.5 Å². The Morgan fingerprint density at radius 1 is 1.42 bits per heavy atom. The Balaban J connectivity index is 2.73. The van der Waals surface area contributed by atoms with Gasteiger partial charge in [0.15, 0.2) is 0 Å². The summed E-state index contributed by atoms with van der Waals surface area (Å²) in [5.74, 6) is 0.783. The lowest BCUT2D eigenvalue weighted by atomic mass is 10.2. The third-order valence-corrected chi connectivity index (χ3v) is 3.02. The molecule has 0 aliphatic carbocycles. The van der Waals surface area contributed by atoms with Gasteiger partial charge in [0, 0.05) is 12.1 Å². The smallest absolute Gasteiger partial charge is 0.239 e. The summed E-state index contributed by atoms with van der Waals surface area (Å²) in [6.45, 7) is 8.42. The summed E-state index contributed by atoms with van der Waals surface area (Å²) in [5, 5.41) is 2.96. The molecule has 0 fully saturated rings. The Morgan fingerprint density at radius 2 is 2.11 bits per heavy atom. The van der Waals surface area contributed by atoms with Gasteiger partial charge in [-0.15, -0.1) is 0 Å². The van der Waals surface area contributed by atoms with Crippen molar-refractivity contribution in [2.45, 2.75) is 46.2 Å². The molecular formula is C14H24N4O. The molecule has 0 bridgehead atoms. The number of hydrogen-bond acceptors (Lipinski definition) is 4. The quantitative estimate of drug-likeness (QED) is 0.822. The molecule has 106 valence electrons. The summed E-state index contributed by atoms with van der Waals surface area (Å²) in [4.78, 5) is 18.2. The number of pyridine rings is 1. The van der Waals surface area contributed by atoms with Gasteiger partial charge >= 0.3 is 0 Å². The van der Waals surface area contributed by atoms with Gasteiger partial charge in [-0.05, 0) is 39.3 Å². The van der Waals surface area contributed by atoms with Gasteiger partial charge in [0.1, 0.15) is 5.82 Å². The maximum Gasteiger partial charge on any atom is 0.239 e. The first-order valence-electron chi connectivity index (χ1n) is 6.71. The van der Waals surface area contributed by atoms with Gasteiger partial charge in [-0.3, -0.25) is 4.79 Å². The van der Waals surface area contributed by atoms with Gasteiger partial charge in [-0.25, -0.2) is 4.98 Å². The zero-order valence-electron chi connectivity index (χ0n) is 12.2. The van der Waals surface area contributed by atoms with E-state index in [1.54, 1.807) is 12.3 Å². The summed E-state index contributed by atoms with van der Waals surface area (Å²) in [6.07, 6.45) is 2.53. The van der Waals surface area contributed by atoms with Crippen molar-refractivity contribution < 1.29 is 4.79 Å². The van der Waals surface area contributed by atoms with E-state index in [0.717, 1.165) is 12.2 Å². The summed E-state index contributed by atoms with van der Waals surface area (Å²) in [7, 11) is 0. The standard InChI is InChI=1S/C14H24N4O/c1-5-11(4)17-14(19)9-18(10(2)3)13-7-6-12(15)8-16-13/h6-8,10-11H,5,9,15H2,1-4H3,(H,17,19). The predicted molar refractivity (Wildman–Crippen MR) is 79.0 cm³/mol. The van der Waals surface area contributed by atoms with Gasteiger partial charge in [-0.2, -0.15) is 0 Å². The van der Waals surface area contributed by atoms with Crippen LogP contribution in [-0.4, -0.2) is 29.5 Å². The maximum atomic E-state index is 12.0. The molecule has 1 aromatic rings. The molecule has 1 aromatic heterocycles. The van der Waals surface area contributed by atoms with Crippen LogP contribution in [0.3, 0.4) is 0 Å². The van der Waals surface area contributed by atoms with Crippen LogP contribution in [0.15, 0.2) is 18.3 Å². The molecule has 1 heterocycles. The van der Waals surface area contributed by atoms with Crippen LogP contribution in [0.1, 0.15) is 34.1 Å². The van der Waals surface area contributed by atoms with Crippen LogP contribution < -0.4 is 16.0 Å². The zero-order valence-corrected chi connectivity index (χ0v) is 12.2. The molecule has 0 radical (unpaired) electrons. The largest absolute Gasteiger partial charge is 0.397 e. The number of amides is 1. The molecule has 0 saturated carbocycles. The molecule has 5 nitrogen and oxygen atoms in total. The lowest BCUT2D eigenvalue weighted by Gasteiger charge is -2.27. The first-order chi connectivity index (χ1) is 8.93. The van der Waals surface area contributed by atoms with Crippen molar-refractivity contribution in [2.75, 3.05) is 17.2 Å². The van der Waals surface area contributed by atoms with E-state index in [0.29, 0.717) is 12.2 Å². The summed E-state index contributed by atoms with van der Waals surface area (Å²) >= 11 is 0. The van der Waals surface area contributed by atoms with Crippen LogP contribution in [0.25, 0.3) is 0 Å². The number of rotatable bonds is 6. The van der Waals surface area contributed by atoms with Crippen molar-refractivity contribution in [3.63, 3.8) is 0 Å². The molecule has 0 spiro atoms. The SMILES string of the molecule is CCC(C)NC(=O)CN(c1ccc(N)cn1)C(C)C. The van der Waals surface area contributed by atoms with Crippen LogP contribution in [-0.2, 0) is 4.79 Å². The van der Waals surface area contributed by atoms with Crippen molar-refractivity contribution in [1.29, 1.82) is 0 Å². The van der Waals surface area contributed by atoms with Gasteiger partial charge in [0.05, 0.1) is 18.4 Å². The third-order valence-electron chi connectivity index (χ3n) is 3.02. The molecule has 1 atom stereocenters. The highest BCUT2D eigenvalue weighted by Gasteiger charge is 2.16. The lowest BCUT2D eigenvalue weighted by Crippen LogP contribution is -2.43. The minimum Gasteiger partial charge on any atom is -0.397 e. The maximum absolute atomic E-state index is 12.0. The summed E-state index contributed by atoms with van der Waals surface area (Å²) in [5.41, 5.74) is 6.25. The van der Waals surface area contributed by atoms with E-state index < -0.39 is 0 Å². The monoisotopic (exact) mass is 264 g/mol. The zero-order chi connectivity index (χ0) is 14.4. The first-order valence-corrected chi connectivity index (χ1v) is 6.71. The highest BCUT2D eigenvalue weighted by atomic mass is 16.2. The number of aromatic nitrogens is 1. The molecule has 0 aliphatic heterocycles. The van der Waals surface area contributed by atoms with E-state index in [1.807, 2.05) is 38.7 Å². The van der Waals surface area contributed by atoms with Gasteiger partial charge < -0.3 is 16.0 Å². The Bertz CT molecular complexity index is 402. The molecule has 1 unspecified atom stereocenters. The average molecular weight is 264 g/mol. The van der Waals surface area contributed by atoms with E-state index in [2.05, 4.69) is 10.3 Å². The second-order valence-corrected chi connectivity index (χ2v) is 5.05. The van der Waals surface area contributed by atoms with Crippen LogP contribution in [0, 0.1) is 0 Å². The highest BCUT2D eigenvalue weighted by Crippen LogP contribution is 2.14. The molecule has 5 heteroatoms. The van der Waals surface area contributed by atoms with Gasteiger partial charge in [-0.1, -0.05) is 6.92 Å². The number of nitrogens with two attached hydrogens (primary N) is 1.